The van der Waals surface area contributed by atoms with Gasteiger partial charge in [0.1, 0.15) is 0 Å². The Labute approximate surface area is 116 Å². The smallest absolute Gasteiger partial charge is 0.0426 e. The predicted octanol–water partition coefficient (Wildman–Crippen LogP) is 3.86. The molecule has 0 spiro atoms. The summed E-state index contributed by atoms with van der Waals surface area (Å²) in [6.45, 7) is 5.33. The van der Waals surface area contributed by atoms with Gasteiger partial charge in [0.15, 0.2) is 0 Å². The Morgan fingerprint density at radius 1 is 1.33 bits per heavy atom. The second kappa shape index (κ2) is 7.65. The lowest BCUT2D eigenvalue weighted by molar-refractivity contribution is 0.697. The minimum atomic E-state index is 0.175. The maximum atomic E-state index is 6.10. The molecule has 0 amide bonds. The topological polar surface area (TPSA) is 29.3 Å². The van der Waals surface area contributed by atoms with Crippen molar-refractivity contribution in [3.8, 4) is 0 Å². The molecule has 1 aromatic rings. The molecule has 0 aliphatic carbocycles. The van der Waals surface area contributed by atoms with E-state index in [1.165, 1.54) is 30.5 Å². The molecule has 0 aromatic heterocycles. The van der Waals surface area contributed by atoms with Crippen molar-refractivity contribution < 1.29 is 0 Å². The number of rotatable bonds is 7. The summed E-state index contributed by atoms with van der Waals surface area (Å²) >= 11 is 6.10. The van der Waals surface area contributed by atoms with Crippen molar-refractivity contribution in [3.63, 3.8) is 0 Å². The van der Waals surface area contributed by atoms with E-state index in [2.05, 4.69) is 24.9 Å². The van der Waals surface area contributed by atoms with Gasteiger partial charge in [-0.05, 0) is 37.5 Å². The van der Waals surface area contributed by atoms with Crippen molar-refractivity contribution in [2.24, 2.45) is 5.73 Å². The van der Waals surface area contributed by atoms with Crippen molar-refractivity contribution in [2.75, 3.05) is 18.5 Å². The van der Waals surface area contributed by atoms with Gasteiger partial charge in [0.05, 0.1) is 0 Å². The first-order valence-corrected chi connectivity index (χ1v) is 7.17. The number of hydrogen-bond donors (Lipinski definition) is 1. The molecule has 2 N–H and O–H groups in total. The first-order chi connectivity index (χ1) is 8.54. The largest absolute Gasteiger partial charge is 0.374 e. The summed E-state index contributed by atoms with van der Waals surface area (Å²) in [7, 11) is 2.13. The summed E-state index contributed by atoms with van der Waals surface area (Å²) in [5.41, 5.74) is 8.41. The fourth-order valence-corrected chi connectivity index (χ4v) is 2.30. The fourth-order valence-electron chi connectivity index (χ4n) is 2.13. The highest BCUT2D eigenvalue weighted by Gasteiger charge is 2.09. The van der Waals surface area contributed by atoms with Crippen LogP contribution < -0.4 is 10.6 Å². The number of unbranched alkanes of at least 4 members (excludes halogenated alkanes) is 2. The molecule has 1 atom stereocenters. The average Bonchev–Trinajstić information content (AvgIpc) is 2.31. The Morgan fingerprint density at radius 3 is 2.67 bits per heavy atom. The maximum absolute atomic E-state index is 6.10. The molecule has 0 fully saturated rings. The zero-order valence-corrected chi connectivity index (χ0v) is 12.5. The molecular weight excluding hydrogens is 244 g/mol. The van der Waals surface area contributed by atoms with Gasteiger partial charge in [-0.2, -0.15) is 0 Å². The number of nitrogens with zero attached hydrogens (tertiary/aromatic N) is 1. The zero-order valence-electron chi connectivity index (χ0n) is 11.7. The summed E-state index contributed by atoms with van der Waals surface area (Å²) in [4.78, 5) is 2.29. The van der Waals surface area contributed by atoms with Crippen LogP contribution >= 0.6 is 11.6 Å². The Hall–Kier alpha value is -0.730. The van der Waals surface area contributed by atoms with E-state index < -0.39 is 0 Å². The van der Waals surface area contributed by atoms with Crippen LogP contribution in [-0.4, -0.2) is 19.6 Å². The van der Waals surface area contributed by atoms with Gasteiger partial charge in [-0.1, -0.05) is 37.4 Å². The minimum absolute atomic E-state index is 0.175. The normalized spacial score (nSPS) is 12.5. The Balaban J connectivity index is 2.79. The molecule has 3 heteroatoms. The van der Waals surface area contributed by atoms with Crippen LogP contribution in [0.25, 0.3) is 0 Å². The summed E-state index contributed by atoms with van der Waals surface area (Å²) < 4.78 is 0. The lowest BCUT2D eigenvalue weighted by Crippen LogP contribution is -2.23. The van der Waals surface area contributed by atoms with Gasteiger partial charge in [0.2, 0.25) is 0 Å². The van der Waals surface area contributed by atoms with Gasteiger partial charge < -0.3 is 10.6 Å². The van der Waals surface area contributed by atoms with Gasteiger partial charge in [0, 0.05) is 30.3 Å². The molecule has 0 radical (unpaired) electrons. The van der Waals surface area contributed by atoms with Gasteiger partial charge in [-0.15, -0.1) is 0 Å². The number of nitrogens with two attached hydrogens (primary N) is 1. The van der Waals surface area contributed by atoms with Crippen molar-refractivity contribution in [1.82, 2.24) is 0 Å². The van der Waals surface area contributed by atoms with E-state index in [1.807, 2.05) is 19.1 Å². The number of halogens is 1. The van der Waals surface area contributed by atoms with Gasteiger partial charge in [-0.3, -0.25) is 0 Å². The van der Waals surface area contributed by atoms with Crippen molar-refractivity contribution in [1.29, 1.82) is 0 Å². The van der Waals surface area contributed by atoms with Crippen LogP contribution in [0.3, 0.4) is 0 Å². The fraction of sp³-hybridized carbons (Fsp3) is 0.600. The van der Waals surface area contributed by atoms with Crippen molar-refractivity contribution >= 4 is 17.3 Å². The molecule has 0 saturated heterocycles. The summed E-state index contributed by atoms with van der Waals surface area (Å²) in [6.07, 6.45) is 4.63. The molecule has 1 rings (SSSR count). The molecule has 2 nitrogen and oxygen atoms in total. The van der Waals surface area contributed by atoms with E-state index >= 15 is 0 Å². The van der Waals surface area contributed by atoms with Crippen LogP contribution in [0.1, 0.15) is 38.7 Å². The molecule has 0 heterocycles. The second-order valence-corrected chi connectivity index (χ2v) is 5.52. The van der Waals surface area contributed by atoms with Gasteiger partial charge in [0.25, 0.3) is 0 Å². The van der Waals surface area contributed by atoms with Crippen molar-refractivity contribution in [2.45, 2.75) is 45.6 Å². The summed E-state index contributed by atoms with van der Waals surface area (Å²) in [6, 6.07) is 6.26. The minimum Gasteiger partial charge on any atom is -0.374 e. The maximum Gasteiger partial charge on any atom is 0.0426 e. The summed E-state index contributed by atoms with van der Waals surface area (Å²) in [5.74, 6) is 0. The molecule has 0 aliphatic heterocycles. The van der Waals surface area contributed by atoms with Crippen LogP contribution in [-0.2, 0) is 6.42 Å². The second-order valence-electron chi connectivity index (χ2n) is 5.08. The Morgan fingerprint density at radius 2 is 2.06 bits per heavy atom. The summed E-state index contributed by atoms with van der Waals surface area (Å²) in [5, 5.41) is 0.792. The number of benzene rings is 1. The van der Waals surface area contributed by atoms with E-state index in [0.717, 1.165) is 18.0 Å². The Kier molecular flexibility index (Phi) is 6.51. The molecule has 18 heavy (non-hydrogen) atoms. The highest BCUT2D eigenvalue weighted by molar-refractivity contribution is 6.30. The standard InChI is InChI=1S/C15H25ClN2/c1-4-5-6-9-18(3)15-11-14(16)8-7-13(15)10-12(2)17/h7-8,11-12H,4-6,9-10,17H2,1-3H3. The molecule has 1 unspecified atom stereocenters. The van der Waals surface area contributed by atoms with Crippen LogP contribution in [0.15, 0.2) is 18.2 Å². The third kappa shape index (κ3) is 4.87. The first kappa shape index (κ1) is 15.3. The van der Waals surface area contributed by atoms with Crippen LogP contribution in [0.4, 0.5) is 5.69 Å². The first-order valence-electron chi connectivity index (χ1n) is 6.79. The molecule has 0 saturated carbocycles. The molecule has 0 aliphatic rings. The lowest BCUT2D eigenvalue weighted by Gasteiger charge is -2.23. The van der Waals surface area contributed by atoms with Gasteiger partial charge in [-0.25, -0.2) is 0 Å². The number of hydrogen-bond acceptors (Lipinski definition) is 2. The van der Waals surface area contributed by atoms with E-state index in [4.69, 9.17) is 17.3 Å². The van der Waals surface area contributed by atoms with Gasteiger partial charge >= 0.3 is 0 Å². The lowest BCUT2D eigenvalue weighted by atomic mass is 10.0. The molecular formula is C15H25ClN2. The molecule has 1 aromatic carbocycles. The molecule has 102 valence electrons. The number of anilines is 1. The van der Waals surface area contributed by atoms with E-state index in [9.17, 15) is 0 Å². The zero-order chi connectivity index (χ0) is 13.5. The monoisotopic (exact) mass is 268 g/mol. The van der Waals surface area contributed by atoms with Crippen LogP contribution in [0, 0.1) is 0 Å². The van der Waals surface area contributed by atoms with E-state index in [1.54, 1.807) is 0 Å². The van der Waals surface area contributed by atoms with Crippen LogP contribution in [0.5, 0.6) is 0 Å². The Bertz CT molecular complexity index is 364. The third-order valence-corrected chi connectivity index (χ3v) is 3.33. The average molecular weight is 269 g/mol. The van der Waals surface area contributed by atoms with Crippen LogP contribution in [0.2, 0.25) is 5.02 Å². The third-order valence-electron chi connectivity index (χ3n) is 3.10. The van der Waals surface area contributed by atoms with E-state index in [-0.39, 0.29) is 6.04 Å². The highest BCUT2D eigenvalue weighted by atomic mass is 35.5. The highest BCUT2D eigenvalue weighted by Crippen LogP contribution is 2.25. The van der Waals surface area contributed by atoms with Crippen molar-refractivity contribution in [3.05, 3.63) is 28.8 Å². The SMILES string of the molecule is CCCCCN(C)c1cc(Cl)ccc1CC(C)N. The quantitative estimate of drug-likeness (QED) is 0.761. The predicted molar refractivity (Wildman–Crippen MR) is 81.6 cm³/mol. The molecule has 0 bridgehead atoms. The van der Waals surface area contributed by atoms with E-state index in [0.29, 0.717) is 0 Å².